The van der Waals surface area contributed by atoms with Gasteiger partial charge in [-0.15, -0.1) is 0 Å². The summed E-state index contributed by atoms with van der Waals surface area (Å²) < 4.78 is 2.38. The fourth-order valence-corrected chi connectivity index (χ4v) is 9.35. The highest BCUT2D eigenvalue weighted by atomic mass is 28.3. The van der Waals surface area contributed by atoms with Gasteiger partial charge in [0.25, 0.3) is 0 Å². The molecular formula is C36H27N3Si. The smallest absolute Gasteiger partial charge is 0.159 e. The lowest BCUT2D eigenvalue weighted by Crippen LogP contribution is -2.50. The molecule has 8 rings (SSSR count). The second kappa shape index (κ2) is 8.60. The van der Waals surface area contributed by atoms with Crippen LogP contribution in [0.5, 0.6) is 0 Å². The van der Waals surface area contributed by atoms with Crippen molar-refractivity contribution in [2.75, 3.05) is 0 Å². The van der Waals surface area contributed by atoms with Crippen molar-refractivity contribution in [3.05, 3.63) is 127 Å². The highest BCUT2D eigenvalue weighted by Crippen LogP contribution is 2.39. The van der Waals surface area contributed by atoms with E-state index in [0.29, 0.717) is 0 Å². The van der Waals surface area contributed by atoms with E-state index in [-0.39, 0.29) is 0 Å². The van der Waals surface area contributed by atoms with E-state index in [4.69, 9.17) is 9.97 Å². The molecule has 0 fully saturated rings. The molecule has 1 aliphatic heterocycles. The maximum Gasteiger partial charge on any atom is 0.159 e. The van der Waals surface area contributed by atoms with Crippen LogP contribution in [0.4, 0.5) is 0 Å². The molecule has 0 unspecified atom stereocenters. The van der Waals surface area contributed by atoms with Gasteiger partial charge in [0.1, 0.15) is 8.07 Å². The summed E-state index contributed by atoms with van der Waals surface area (Å²) in [7, 11) is -2.01. The van der Waals surface area contributed by atoms with Crippen LogP contribution >= 0.6 is 0 Å². The zero-order valence-corrected chi connectivity index (χ0v) is 23.5. The molecule has 0 amide bonds. The normalized spacial score (nSPS) is 13.4. The molecule has 0 spiro atoms. The molecule has 0 saturated carbocycles. The van der Waals surface area contributed by atoms with Crippen LogP contribution in [0, 0.1) is 0 Å². The highest BCUT2D eigenvalue weighted by molar-refractivity contribution is 7.03. The number of benzene rings is 5. The summed E-state index contributed by atoms with van der Waals surface area (Å²) in [6.45, 7) is 4.83. The van der Waals surface area contributed by atoms with Crippen molar-refractivity contribution in [3.8, 4) is 39.5 Å². The Kier molecular flexibility index (Phi) is 4.97. The number of hydrogen-bond donors (Lipinski definition) is 0. The Morgan fingerprint density at radius 3 is 2.08 bits per heavy atom. The number of aromatic nitrogens is 3. The molecule has 0 radical (unpaired) electrons. The van der Waals surface area contributed by atoms with Gasteiger partial charge in [-0.2, -0.15) is 0 Å². The maximum atomic E-state index is 5.31. The third kappa shape index (κ3) is 3.29. The summed E-state index contributed by atoms with van der Waals surface area (Å²) in [6, 6.07) is 45.4. The van der Waals surface area contributed by atoms with Gasteiger partial charge in [-0.3, -0.25) is 0 Å². The highest BCUT2D eigenvalue weighted by Gasteiger charge is 2.41. The van der Waals surface area contributed by atoms with Gasteiger partial charge in [0.15, 0.2) is 5.82 Å². The van der Waals surface area contributed by atoms with Crippen molar-refractivity contribution < 1.29 is 0 Å². The fourth-order valence-electron chi connectivity index (χ4n) is 6.44. The first kappa shape index (κ1) is 23.1. The lowest BCUT2D eigenvalue weighted by Gasteiger charge is -2.19. The molecular weight excluding hydrogens is 503 g/mol. The third-order valence-electron chi connectivity index (χ3n) is 8.36. The van der Waals surface area contributed by atoms with Gasteiger partial charge in [0.2, 0.25) is 0 Å². The monoisotopic (exact) mass is 529 g/mol. The predicted molar refractivity (Wildman–Crippen MR) is 169 cm³/mol. The van der Waals surface area contributed by atoms with Gasteiger partial charge < -0.3 is 4.57 Å². The van der Waals surface area contributed by atoms with Crippen molar-refractivity contribution in [2.45, 2.75) is 13.1 Å². The first-order valence-corrected chi connectivity index (χ1v) is 16.8. The summed E-state index contributed by atoms with van der Waals surface area (Å²) in [6.07, 6.45) is 0. The molecule has 2 aromatic heterocycles. The minimum atomic E-state index is -2.01. The molecule has 0 aliphatic carbocycles. The minimum Gasteiger partial charge on any atom is -0.309 e. The molecule has 5 aromatic carbocycles. The second-order valence-corrected chi connectivity index (χ2v) is 15.3. The Morgan fingerprint density at radius 2 is 1.25 bits per heavy atom. The largest absolute Gasteiger partial charge is 0.309 e. The van der Waals surface area contributed by atoms with E-state index < -0.39 is 8.07 Å². The lowest BCUT2D eigenvalue weighted by atomic mass is 9.99. The Balaban J connectivity index is 1.46. The molecule has 0 saturated heterocycles. The van der Waals surface area contributed by atoms with Crippen LogP contribution in [0.15, 0.2) is 127 Å². The zero-order valence-electron chi connectivity index (χ0n) is 22.5. The van der Waals surface area contributed by atoms with Crippen LogP contribution in [0.1, 0.15) is 0 Å². The van der Waals surface area contributed by atoms with Crippen LogP contribution in [0.3, 0.4) is 0 Å². The van der Waals surface area contributed by atoms with Gasteiger partial charge in [-0.05, 0) is 35.0 Å². The van der Waals surface area contributed by atoms with Gasteiger partial charge >= 0.3 is 0 Å². The SMILES string of the molecule is C[Si]1(C)c2ccccc2-c2c(-c3ccc4c5ccccc5n(-c5ccccc5)c4c3)nc(-c3ccccc3)nc21. The van der Waals surface area contributed by atoms with Gasteiger partial charge in [0, 0.05) is 38.5 Å². The van der Waals surface area contributed by atoms with E-state index >= 15 is 0 Å². The van der Waals surface area contributed by atoms with E-state index in [0.717, 1.165) is 28.3 Å². The molecule has 0 N–H and O–H groups in total. The minimum absolute atomic E-state index is 0.798. The Morgan fingerprint density at radius 1 is 0.575 bits per heavy atom. The number of hydrogen-bond acceptors (Lipinski definition) is 2. The number of nitrogens with zero attached hydrogens (tertiary/aromatic N) is 3. The summed E-state index contributed by atoms with van der Waals surface area (Å²) in [5.74, 6) is 0.798. The van der Waals surface area contributed by atoms with Crippen LogP contribution in [-0.4, -0.2) is 22.6 Å². The first-order chi connectivity index (χ1) is 19.6. The topological polar surface area (TPSA) is 30.7 Å². The number of fused-ring (bicyclic) bond motifs is 6. The maximum absolute atomic E-state index is 5.31. The molecule has 7 aromatic rings. The first-order valence-electron chi connectivity index (χ1n) is 13.8. The number of para-hydroxylation sites is 2. The van der Waals surface area contributed by atoms with E-state index in [1.165, 1.54) is 43.4 Å². The average Bonchev–Trinajstić information content (AvgIpc) is 3.46. The van der Waals surface area contributed by atoms with Crippen LogP contribution in [0.25, 0.3) is 61.3 Å². The molecule has 1 aliphatic rings. The van der Waals surface area contributed by atoms with Crippen LogP contribution < -0.4 is 10.5 Å². The van der Waals surface area contributed by atoms with E-state index in [1.807, 2.05) is 6.07 Å². The summed E-state index contributed by atoms with van der Waals surface area (Å²) in [5.41, 5.74) is 9.21. The molecule has 190 valence electrons. The van der Waals surface area contributed by atoms with Crippen LogP contribution in [0.2, 0.25) is 13.1 Å². The lowest BCUT2D eigenvalue weighted by molar-refractivity contribution is 1.18. The Hall–Kier alpha value is -4.80. The van der Waals surface area contributed by atoms with Gasteiger partial charge in [0.05, 0.1) is 16.7 Å². The van der Waals surface area contributed by atoms with Crippen molar-refractivity contribution in [1.29, 1.82) is 0 Å². The molecule has 40 heavy (non-hydrogen) atoms. The molecule has 3 nitrogen and oxygen atoms in total. The summed E-state index contributed by atoms with van der Waals surface area (Å²) in [5, 5.41) is 5.16. The van der Waals surface area contributed by atoms with E-state index in [1.54, 1.807) is 0 Å². The molecule has 0 atom stereocenters. The van der Waals surface area contributed by atoms with Crippen molar-refractivity contribution in [3.63, 3.8) is 0 Å². The average molecular weight is 530 g/mol. The quantitative estimate of drug-likeness (QED) is 0.220. The van der Waals surface area contributed by atoms with Gasteiger partial charge in [-0.25, -0.2) is 9.97 Å². The van der Waals surface area contributed by atoms with Crippen molar-refractivity contribution in [1.82, 2.24) is 14.5 Å². The predicted octanol–water partition coefficient (Wildman–Crippen LogP) is 7.71. The van der Waals surface area contributed by atoms with E-state index in [9.17, 15) is 0 Å². The van der Waals surface area contributed by atoms with E-state index in [2.05, 4.69) is 139 Å². The van der Waals surface area contributed by atoms with Gasteiger partial charge in [-0.1, -0.05) is 116 Å². The van der Waals surface area contributed by atoms with Crippen molar-refractivity contribution in [2.24, 2.45) is 0 Å². The van der Waals surface area contributed by atoms with Crippen LogP contribution in [-0.2, 0) is 0 Å². The Labute approximate surface area is 234 Å². The fraction of sp³-hybridized carbons (Fsp3) is 0.0556. The zero-order chi connectivity index (χ0) is 26.8. The Bertz CT molecular complexity index is 2080. The number of rotatable bonds is 3. The standard InChI is InChI=1S/C36H27N3Si/c1-40(2)32-20-12-10-18-29(32)33-34(37-35(38-36(33)40)24-13-5-3-6-14-24)25-21-22-28-27-17-9-11-19-30(27)39(31(28)23-25)26-15-7-4-8-16-26/h3-23H,1-2H3. The summed E-state index contributed by atoms with van der Waals surface area (Å²) >= 11 is 0. The molecule has 0 bridgehead atoms. The third-order valence-corrected chi connectivity index (χ3v) is 11.7. The molecule has 4 heteroatoms. The molecule has 3 heterocycles. The van der Waals surface area contributed by atoms with Crippen molar-refractivity contribution >= 4 is 40.4 Å². The summed E-state index contributed by atoms with van der Waals surface area (Å²) in [4.78, 5) is 10.6. The second-order valence-electron chi connectivity index (χ2n) is 11.1.